The first-order valence-corrected chi connectivity index (χ1v) is 14.8. The number of hydrogen-bond donors (Lipinski definition) is 1. The molecule has 0 bridgehead atoms. The number of carbonyl (C=O) groups excluding carboxylic acids is 3. The van der Waals surface area contributed by atoms with Crippen LogP contribution in [0.1, 0.15) is 58.4 Å². The van der Waals surface area contributed by atoms with E-state index in [9.17, 15) is 19.5 Å². The van der Waals surface area contributed by atoms with Gasteiger partial charge in [0.05, 0.1) is 25.2 Å². The number of allylic oxidation sites excluding steroid dienone is 1. The molecule has 8 heteroatoms. The van der Waals surface area contributed by atoms with Crippen molar-refractivity contribution in [1.29, 1.82) is 0 Å². The Morgan fingerprint density at radius 3 is 2.50 bits per heavy atom. The molecule has 1 aromatic carbocycles. The minimum Gasteiger partial charge on any atom is -0.465 e. The summed E-state index contributed by atoms with van der Waals surface area (Å²) in [7, 11) is 0. The molecule has 1 spiro atoms. The minimum atomic E-state index is -1.36. The summed E-state index contributed by atoms with van der Waals surface area (Å²) in [6.07, 6.45) is 11.2. The third-order valence-corrected chi connectivity index (χ3v) is 8.97. The Bertz CT molecular complexity index is 1170. The number of cyclic esters (lactones) is 1. The molecule has 216 valence electrons. The first kappa shape index (κ1) is 28.6. The second kappa shape index (κ2) is 11.5. The number of esters is 1. The molecule has 5 rings (SSSR count). The monoisotopic (exact) mass is 550 g/mol. The summed E-state index contributed by atoms with van der Waals surface area (Å²) >= 11 is 0. The molecule has 2 saturated heterocycles. The number of benzene rings is 1. The minimum absolute atomic E-state index is 0.176. The van der Waals surface area contributed by atoms with Crippen LogP contribution in [0.2, 0.25) is 0 Å². The van der Waals surface area contributed by atoms with Crippen molar-refractivity contribution >= 4 is 17.8 Å². The van der Waals surface area contributed by atoms with E-state index < -0.39 is 41.1 Å². The second-order valence-electron chi connectivity index (χ2n) is 12.0. The van der Waals surface area contributed by atoms with Gasteiger partial charge in [-0.3, -0.25) is 14.4 Å². The van der Waals surface area contributed by atoms with Gasteiger partial charge >= 0.3 is 5.97 Å². The fraction of sp³-hybridized carbons (Fsp3) is 0.594. The van der Waals surface area contributed by atoms with Crippen LogP contribution in [0.25, 0.3) is 0 Å². The Kier molecular flexibility index (Phi) is 8.20. The number of aliphatic hydroxyl groups excluding tert-OH is 1. The van der Waals surface area contributed by atoms with Gasteiger partial charge in [-0.15, -0.1) is 0 Å². The fourth-order valence-electron chi connectivity index (χ4n) is 7.18. The number of hydrogen-bond acceptors (Lipinski definition) is 6. The SMILES string of the molecule is CC[C@@]12/C=C\CCCCOC(=O)[C@@H]1[C@H]1C(=O)N([C@@H](CO)CC(C)C)C3C(=O)N(Cc4ccccc4)CC=C[C@@]31O2. The molecule has 40 heavy (non-hydrogen) atoms. The molecule has 1 N–H and O–H groups in total. The number of aliphatic hydroxyl groups is 1. The maximum Gasteiger partial charge on any atom is 0.313 e. The molecule has 8 nitrogen and oxygen atoms in total. The van der Waals surface area contributed by atoms with Crippen molar-refractivity contribution in [1.82, 2.24) is 9.80 Å². The van der Waals surface area contributed by atoms with Gasteiger partial charge < -0.3 is 24.4 Å². The van der Waals surface area contributed by atoms with Crippen LogP contribution in [-0.4, -0.2) is 75.7 Å². The fourth-order valence-corrected chi connectivity index (χ4v) is 7.18. The molecule has 2 fully saturated rings. The van der Waals surface area contributed by atoms with Gasteiger partial charge in [-0.1, -0.05) is 75.4 Å². The van der Waals surface area contributed by atoms with E-state index in [2.05, 4.69) is 0 Å². The highest BCUT2D eigenvalue weighted by Crippen LogP contribution is 2.58. The number of amides is 2. The van der Waals surface area contributed by atoms with Gasteiger partial charge in [0, 0.05) is 13.1 Å². The Labute approximate surface area is 237 Å². The van der Waals surface area contributed by atoms with Crippen LogP contribution in [0.5, 0.6) is 0 Å². The van der Waals surface area contributed by atoms with Crippen molar-refractivity contribution < 1.29 is 29.0 Å². The molecular formula is C32H42N2O6. The third-order valence-electron chi connectivity index (χ3n) is 8.97. The molecule has 1 aromatic rings. The topological polar surface area (TPSA) is 96.4 Å². The number of fused-ring (bicyclic) bond motifs is 2. The van der Waals surface area contributed by atoms with E-state index in [0.717, 1.165) is 24.8 Å². The average Bonchev–Trinajstić information content (AvgIpc) is 3.31. The average molecular weight is 551 g/mol. The van der Waals surface area contributed by atoms with Crippen LogP contribution in [0, 0.1) is 17.8 Å². The smallest absolute Gasteiger partial charge is 0.313 e. The van der Waals surface area contributed by atoms with E-state index in [1.807, 2.05) is 75.4 Å². The highest BCUT2D eigenvalue weighted by Gasteiger charge is 2.75. The molecule has 2 amide bonds. The summed E-state index contributed by atoms with van der Waals surface area (Å²) < 4.78 is 12.7. The molecule has 0 aliphatic carbocycles. The molecule has 0 radical (unpaired) electrons. The van der Waals surface area contributed by atoms with Crippen LogP contribution in [0.4, 0.5) is 0 Å². The van der Waals surface area contributed by atoms with Crippen LogP contribution >= 0.6 is 0 Å². The Morgan fingerprint density at radius 2 is 1.80 bits per heavy atom. The zero-order valence-corrected chi connectivity index (χ0v) is 23.8. The molecule has 0 aromatic heterocycles. The van der Waals surface area contributed by atoms with Crippen LogP contribution in [0.3, 0.4) is 0 Å². The largest absolute Gasteiger partial charge is 0.465 e. The van der Waals surface area contributed by atoms with E-state index in [1.54, 1.807) is 9.80 Å². The maximum absolute atomic E-state index is 14.6. The molecule has 0 saturated carbocycles. The highest BCUT2D eigenvalue weighted by molar-refractivity contribution is 5.99. The third kappa shape index (κ3) is 4.79. The molecule has 4 heterocycles. The lowest BCUT2D eigenvalue weighted by Crippen LogP contribution is -2.59. The van der Waals surface area contributed by atoms with Gasteiger partial charge in [0.2, 0.25) is 11.8 Å². The zero-order valence-electron chi connectivity index (χ0n) is 23.8. The number of carbonyl (C=O) groups is 3. The zero-order chi connectivity index (χ0) is 28.5. The van der Waals surface area contributed by atoms with Crippen LogP contribution in [-0.2, 0) is 30.4 Å². The molecule has 1 unspecified atom stereocenters. The number of ether oxygens (including phenoxy) is 2. The van der Waals surface area contributed by atoms with E-state index in [0.29, 0.717) is 25.9 Å². The molecule has 6 atom stereocenters. The lowest BCUT2D eigenvalue weighted by molar-refractivity contribution is -0.163. The van der Waals surface area contributed by atoms with Gasteiger partial charge in [-0.2, -0.15) is 0 Å². The normalized spacial score (nSPS) is 33.7. The molecule has 4 aliphatic heterocycles. The predicted octanol–water partition coefficient (Wildman–Crippen LogP) is 3.64. The van der Waals surface area contributed by atoms with Crippen molar-refractivity contribution in [2.24, 2.45) is 17.8 Å². The Hall–Kier alpha value is -2.97. The van der Waals surface area contributed by atoms with Crippen LogP contribution < -0.4 is 0 Å². The highest BCUT2D eigenvalue weighted by atomic mass is 16.6. The Balaban J connectivity index is 1.65. The number of rotatable bonds is 7. The maximum atomic E-state index is 14.6. The van der Waals surface area contributed by atoms with Gasteiger partial charge in [0.1, 0.15) is 23.2 Å². The standard InChI is InChI=1S/C32H42N2O6/c1-4-31-15-10-5-6-11-18-39-30(38)26(31)25-28(36)34(24(21-35)19-22(2)3)27-29(37)33(17-12-16-32(25,27)40-31)20-23-13-8-7-9-14-23/h7-10,12-16,22,24-27,35H,4-6,11,17-21H2,1-3H3/b15-10-/t24-,25+,26+,27?,31-,32+/m1/s1. The lowest BCUT2D eigenvalue weighted by atomic mass is 9.73. The predicted molar refractivity (Wildman–Crippen MR) is 150 cm³/mol. The van der Waals surface area contributed by atoms with Crippen molar-refractivity contribution in [3.05, 3.63) is 60.2 Å². The summed E-state index contributed by atoms with van der Waals surface area (Å²) in [5.41, 5.74) is -1.46. The summed E-state index contributed by atoms with van der Waals surface area (Å²) in [5.74, 6) is -2.68. The van der Waals surface area contributed by atoms with Crippen molar-refractivity contribution in [2.45, 2.75) is 82.7 Å². The summed E-state index contributed by atoms with van der Waals surface area (Å²) in [4.78, 5) is 46.2. The van der Waals surface area contributed by atoms with E-state index in [4.69, 9.17) is 9.47 Å². The van der Waals surface area contributed by atoms with Crippen molar-refractivity contribution in [3.8, 4) is 0 Å². The quantitative estimate of drug-likeness (QED) is 0.412. The van der Waals surface area contributed by atoms with Gasteiger partial charge in [-0.05, 0) is 43.6 Å². The van der Waals surface area contributed by atoms with E-state index in [-0.39, 0.29) is 30.9 Å². The lowest BCUT2D eigenvalue weighted by Gasteiger charge is -2.41. The number of likely N-dealkylation sites (tertiary alicyclic amines) is 1. The summed E-state index contributed by atoms with van der Waals surface area (Å²) in [5, 5.41) is 10.5. The molecule has 4 aliphatic rings. The van der Waals surface area contributed by atoms with Crippen molar-refractivity contribution in [2.75, 3.05) is 19.8 Å². The van der Waals surface area contributed by atoms with Gasteiger partial charge in [-0.25, -0.2) is 0 Å². The first-order valence-electron chi connectivity index (χ1n) is 14.8. The van der Waals surface area contributed by atoms with E-state index >= 15 is 0 Å². The summed E-state index contributed by atoms with van der Waals surface area (Å²) in [6.45, 7) is 6.73. The second-order valence-corrected chi connectivity index (χ2v) is 12.0. The van der Waals surface area contributed by atoms with E-state index in [1.165, 1.54) is 0 Å². The first-order chi connectivity index (χ1) is 19.3. The van der Waals surface area contributed by atoms with Crippen molar-refractivity contribution in [3.63, 3.8) is 0 Å². The van der Waals surface area contributed by atoms with Gasteiger partial charge in [0.25, 0.3) is 0 Å². The number of nitrogens with zero attached hydrogens (tertiary/aromatic N) is 2. The van der Waals surface area contributed by atoms with Gasteiger partial charge in [0.15, 0.2) is 0 Å². The van der Waals surface area contributed by atoms with Crippen LogP contribution in [0.15, 0.2) is 54.6 Å². The summed E-state index contributed by atoms with van der Waals surface area (Å²) in [6, 6.07) is 8.16. The molecular weight excluding hydrogens is 508 g/mol. The Morgan fingerprint density at radius 1 is 1.02 bits per heavy atom.